The molecule has 120 valence electrons. The Balaban J connectivity index is 1.78. The van der Waals surface area contributed by atoms with Gasteiger partial charge < -0.3 is 14.5 Å². The monoisotopic (exact) mass is 342 g/mol. The van der Waals surface area contributed by atoms with Crippen LogP contribution in [0.25, 0.3) is 0 Å². The Kier molecular flexibility index (Phi) is 6.39. The van der Waals surface area contributed by atoms with E-state index in [0.717, 1.165) is 4.90 Å². The number of ether oxygens (including phenoxy) is 1. The van der Waals surface area contributed by atoms with E-state index in [1.165, 1.54) is 11.8 Å². The van der Waals surface area contributed by atoms with Gasteiger partial charge in [-0.05, 0) is 19.1 Å². The van der Waals surface area contributed by atoms with Crippen LogP contribution in [0.2, 0.25) is 5.02 Å². The van der Waals surface area contributed by atoms with Gasteiger partial charge in [-0.15, -0.1) is 11.8 Å². The summed E-state index contributed by atoms with van der Waals surface area (Å²) in [6, 6.07) is 7.48. The molecular weight excluding hydrogens is 324 g/mol. The van der Waals surface area contributed by atoms with E-state index in [2.05, 4.69) is 0 Å². The zero-order valence-electron chi connectivity index (χ0n) is 12.5. The van der Waals surface area contributed by atoms with E-state index in [4.69, 9.17) is 16.3 Å². The quantitative estimate of drug-likeness (QED) is 0.789. The van der Waals surface area contributed by atoms with Crippen molar-refractivity contribution in [3.8, 4) is 0 Å². The molecule has 2 rings (SSSR count). The first-order chi connectivity index (χ1) is 10.6. The Morgan fingerprint density at radius 3 is 2.45 bits per heavy atom. The van der Waals surface area contributed by atoms with Crippen LogP contribution < -0.4 is 0 Å². The third-order valence-corrected chi connectivity index (χ3v) is 4.85. The Morgan fingerprint density at radius 2 is 1.82 bits per heavy atom. The van der Waals surface area contributed by atoms with Gasteiger partial charge in [0.25, 0.3) is 0 Å². The first-order valence-corrected chi connectivity index (χ1v) is 8.55. The average molecular weight is 343 g/mol. The van der Waals surface area contributed by atoms with Crippen LogP contribution in [-0.2, 0) is 9.53 Å². The van der Waals surface area contributed by atoms with Crippen molar-refractivity contribution < 1.29 is 14.3 Å². The van der Waals surface area contributed by atoms with Crippen LogP contribution in [0.5, 0.6) is 0 Å². The number of carbonyl (C=O) groups excluding carboxylic acids is 2. The number of amides is 2. The van der Waals surface area contributed by atoms with Crippen molar-refractivity contribution in [2.45, 2.75) is 11.8 Å². The molecule has 0 saturated carbocycles. The van der Waals surface area contributed by atoms with Gasteiger partial charge in [-0.25, -0.2) is 4.79 Å². The standard InChI is InChI=1S/C15H19ClN2O3S/c1-2-21-15(20)18-9-7-17(8-10-18)14(19)11-22-13-6-4-3-5-12(13)16/h3-6H,2,7-11H2,1H3. The second-order valence-electron chi connectivity index (χ2n) is 4.79. The average Bonchev–Trinajstić information content (AvgIpc) is 2.54. The van der Waals surface area contributed by atoms with Crippen LogP contribution in [0.15, 0.2) is 29.2 Å². The van der Waals surface area contributed by atoms with Gasteiger partial charge in [0.2, 0.25) is 5.91 Å². The van der Waals surface area contributed by atoms with E-state index in [-0.39, 0.29) is 12.0 Å². The molecule has 1 aromatic rings. The van der Waals surface area contributed by atoms with Crippen molar-refractivity contribution in [2.24, 2.45) is 0 Å². The molecule has 0 radical (unpaired) electrons. The summed E-state index contributed by atoms with van der Waals surface area (Å²) in [5.41, 5.74) is 0. The number of carbonyl (C=O) groups is 2. The molecular formula is C15H19ClN2O3S. The number of hydrogen-bond acceptors (Lipinski definition) is 4. The molecule has 1 aliphatic rings. The lowest BCUT2D eigenvalue weighted by molar-refractivity contribution is -0.129. The molecule has 1 aliphatic heterocycles. The molecule has 0 bridgehead atoms. The van der Waals surface area contributed by atoms with E-state index in [1.807, 2.05) is 24.3 Å². The summed E-state index contributed by atoms with van der Waals surface area (Å²) in [6.45, 7) is 4.26. The van der Waals surface area contributed by atoms with Crippen LogP contribution >= 0.6 is 23.4 Å². The fraction of sp³-hybridized carbons (Fsp3) is 0.467. The van der Waals surface area contributed by atoms with Crippen LogP contribution in [0, 0.1) is 0 Å². The van der Waals surface area contributed by atoms with Crippen molar-refractivity contribution in [3.63, 3.8) is 0 Å². The molecule has 1 aromatic carbocycles. The van der Waals surface area contributed by atoms with Crippen molar-refractivity contribution in [1.82, 2.24) is 9.80 Å². The molecule has 0 unspecified atom stereocenters. The van der Waals surface area contributed by atoms with E-state index in [1.54, 1.807) is 16.7 Å². The predicted octanol–water partition coefficient (Wildman–Crippen LogP) is 2.73. The third kappa shape index (κ3) is 4.55. The smallest absolute Gasteiger partial charge is 0.409 e. The molecule has 0 spiro atoms. The Bertz CT molecular complexity index is 533. The van der Waals surface area contributed by atoms with E-state index in [9.17, 15) is 9.59 Å². The SMILES string of the molecule is CCOC(=O)N1CCN(C(=O)CSc2ccccc2Cl)CC1. The predicted molar refractivity (Wildman–Crippen MR) is 87.4 cm³/mol. The Labute approximate surface area is 139 Å². The van der Waals surface area contributed by atoms with Crippen LogP contribution in [0.1, 0.15) is 6.92 Å². The normalized spacial score (nSPS) is 14.8. The molecule has 7 heteroatoms. The Hall–Kier alpha value is -1.40. The van der Waals surface area contributed by atoms with Crippen molar-refractivity contribution in [2.75, 3.05) is 38.5 Å². The second-order valence-corrected chi connectivity index (χ2v) is 6.21. The van der Waals surface area contributed by atoms with Gasteiger partial charge in [0.1, 0.15) is 0 Å². The van der Waals surface area contributed by atoms with E-state index >= 15 is 0 Å². The summed E-state index contributed by atoms with van der Waals surface area (Å²) in [5, 5.41) is 0.660. The summed E-state index contributed by atoms with van der Waals surface area (Å²) in [7, 11) is 0. The summed E-state index contributed by atoms with van der Waals surface area (Å²) in [4.78, 5) is 28.1. The maximum atomic E-state index is 12.2. The van der Waals surface area contributed by atoms with E-state index < -0.39 is 0 Å². The summed E-state index contributed by atoms with van der Waals surface area (Å²) < 4.78 is 4.96. The van der Waals surface area contributed by atoms with Crippen molar-refractivity contribution in [3.05, 3.63) is 29.3 Å². The minimum atomic E-state index is -0.306. The van der Waals surface area contributed by atoms with Gasteiger partial charge in [-0.3, -0.25) is 4.79 Å². The van der Waals surface area contributed by atoms with E-state index in [0.29, 0.717) is 43.6 Å². The molecule has 1 heterocycles. The molecule has 5 nitrogen and oxygen atoms in total. The maximum absolute atomic E-state index is 12.2. The number of thioether (sulfide) groups is 1. The van der Waals surface area contributed by atoms with Gasteiger partial charge in [0, 0.05) is 31.1 Å². The highest BCUT2D eigenvalue weighted by Crippen LogP contribution is 2.26. The highest BCUT2D eigenvalue weighted by Gasteiger charge is 2.24. The lowest BCUT2D eigenvalue weighted by Gasteiger charge is -2.34. The minimum absolute atomic E-state index is 0.0634. The van der Waals surface area contributed by atoms with Gasteiger partial charge in [0.15, 0.2) is 0 Å². The van der Waals surface area contributed by atoms with Gasteiger partial charge in [-0.1, -0.05) is 23.7 Å². The lowest BCUT2D eigenvalue weighted by atomic mass is 10.3. The summed E-state index contributed by atoms with van der Waals surface area (Å²) >= 11 is 7.51. The molecule has 1 fully saturated rings. The first-order valence-electron chi connectivity index (χ1n) is 7.18. The van der Waals surface area contributed by atoms with Crippen molar-refractivity contribution in [1.29, 1.82) is 0 Å². The summed E-state index contributed by atoms with van der Waals surface area (Å²) in [5.74, 6) is 0.414. The topological polar surface area (TPSA) is 49.9 Å². The molecule has 2 amide bonds. The molecule has 0 aromatic heterocycles. The molecule has 0 aliphatic carbocycles. The van der Waals surface area contributed by atoms with Gasteiger partial charge in [-0.2, -0.15) is 0 Å². The number of hydrogen-bond donors (Lipinski definition) is 0. The largest absolute Gasteiger partial charge is 0.450 e. The van der Waals surface area contributed by atoms with Crippen molar-refractivity contribution >= 4 is 35.4 Å². The minimum Gasteiger partial charge on any atom is -0.450 e. The third-order valence-electron chi connectivity index (χ3n) is 3.35. The maximum Gasteiger partial charge on any atom is 0.409 e. The van der Waals surface area contributed by atoms with Crippen LogP contribution in [-0.4, -0.2) is 60.3 Å². The molecule has 0 N–H and O–H groups in total. The number of piperazine rings is 1. The highest BCUT2D eigenvalue weighted by atomic mass is 35.5. The Morgan fingerprint density at radius 1 is 1.18 bits per heavy atom. The molecule has 0 atom stereocenters. The van der Waals surface area contributed by atoms with Crippen LogP contribution in [0.3, 0.4) is 0 Å². The molecule has 22 heavy (non-hydrogen) atoms. The lowest BCUT2D eigenvalue weighted by Crippen LogP contribution is -2.51. The number of rotatable bonds is 4. The van der Waals surface area contributed by atoms with Gasteiger partial charge in [0.05, 0.1) is 17.4 Å². The number of nitrogens with zero attached hydrogens (tertiary/aromatic N) is 2. The fourth-order valence-corrected chi connectivity index (χ4v) is 3.29. The zero-order valence-corrected chi connectivity index (χ0v) is 14.0. The summed E-state index contributed by atoms with van der Waals surface area (Å²) in [6.07, 6.45) is -0.306. The second kappa shape index (κ2) is 8.29. The first kappa shape index (κ1) is 17.0. The number of halogens is 1. The van der Waals surface area contributed by atoms with Crippen LogP contribution in [0.4, 0.5) is 4.79 Å². The molecule has 1 saturated heterocycles. The highest BCUT2D eigenvalue weighted by molar-refractivity contribution is 8.00. The zero-order chi connectivity index (χ0) is 15.9. The number of benzene rings is 1. The fourth-order valence-electron chi connectivity index (χ4n) is 2.15. The van der Waals surface area contributed by atoms with Gasteiger partial charge >= 0.3 is 6.09 Å².